The molecule has 0 fully saturated rings. The molecule has 0 aliphatic carbocycles. The zero-order valence-corrected chi connectivity index (χ0v) is 10.7. The van der Waals surface area contributed by atoms with Crippen LogP contribution in [0.4, 0.5) is 5.69 Å². The predicted octanol–water partition coefficient (Wildman–Crippen LogP) is 1.75. The van der Waals surface area contributed by atoms with Gasteiger partial charge in [-0.05, 0) is 24.1 Å². The lowest BCUT2D eigenvalue weighted by Crippen LogP contribution is -2.00. The van der Waals surface area contributed by atoms with Gasteiger partial charge in [0.25, 0.3) is 0 Å². The number of hydrogen-bond donors (Lipinski definition) is 2. The SMILES string of the molecule is Nc1c(C#CC=CCO)ncnc1Oc1ccccc1. The summed E-state index contributed by atoms with van der Waals surface area (Å²) in [7, 11) is 0. The summed E-state index contributed by atoms with van der Waals surface area (Å²) in [6, 6.07) is 9.20. The van der Waals surface area contributed by atoms with E-state index in [0.717, 1.165) is 0 Å². The van der Waals surface area contributed by atoms with Gasteiger partial charge >= 0.3 is 0 Å². The molecule has 0 radical (unpaired) electrons. The number of para-hydroxylation sites is 1. The number of nitrogens with two attached hydrogens (primary N) is 1. The van der Waals surface area contributed by atoms with Crippen molar-refractivity contribution in [1.29, 1.82) is 0 Å². The highest BCUT2D eigenvalue weighted by Crippen LogP contribution is 2.25. The Bertz CT molecular complexity index is 658. The normalized spacial score (nSPS) is 10.1. The fourth-order valence-electron chi connectivity index (χ4n) is 1.38. The molecule has 0 atom stereocenters. The third-order valence-corrected chi connectivity index (χ3v) is 2.30. The van der Waals surface area contributed by atoms with E-state index in [1.807, 2.05) is 18.2 Å². The van der Waals surface area contributed by atoms with Gasteiger partial charge in [-0.1, -0.05) is 30.2 Å². The van der Waals surface area contributed by atoms with Gasteiger partial charge in [0, 0.05) is 0 Å². The summed E-state index contributed by atoms with van der Waals surface area (Å²) in [6.45, 7) is -0.0592. The third kappa shape index (κ3) is 3.57. The maximum Gasteiger partial charge on any atom is 0.247 e. The van der Waals surface area contributed by atoms with Crippen LogP contribution >= 0.6 is 0 Å². The van der Waals surface area contributed by atoms with E-state index in [-0.39, 0.29) is 18.2 Å². The third-order valence-electron chi connectivity index (χ3n) is 2.30. The first kappa shape index (κ1) is 13.6. The number of hydrogen-bond acceptors (Lipinski definition) is 5. The quantitative estimate of drug-likeness (QED) is 0.828. The molecule has 0 unspecified atom stereocenters. The molecule has 1 aromatic heterocycles. The molecule has 0 saturated carbocycles. The minimum atomic E-state index is -0.0592. The molecule has 2 rings (SSSR count). The Kier molecular flexibility index (Phi) is 4.70. The molecule has 5 nitrogen and oxygen atoms in total. The standard InChI is InChI=1S/C15H13N3O2/c16-14-13(9-5-2-6-10-19)17-11-18-15(14)20-12-7-3-1-4-8-12/h1-4,6-8,11,19H,10,16H2. The van der Waals surface area contributed by atoms with E-state index in [1.54, 1.807) is 12.1 Å². The minimum Gasteiger partial charge on any atom is -0.437 e. The van der Waals surface area contributed by atoms with Gasteiger partial charge in [0.05, 0.1) is 6.61 Å². The molecule has 1 heterocycles. The van der Waals surface area contributed by atoms with Gasteiger partial charge in [-0.3, -0.25) is 0 Å². The second-order valence-corrected chi connectivity index (χ2v) is 3.71. The lowest BCUT2D eigenvalue weighted by molar-refractivity contribution is 0.343. The van der Waals surface area contributed by atoms with Crippen LogP contribution in [0, 0.1) is 11.8 Å². The number of allylic oxidation sites excluding steroid dienone is 1. The van der Waals surface area contributed by atoms with E-state index < -0.39 is 0 Å². The molecule has 20 heavy (non-hydrogen) atoms. The molecule has 0 aliphatic rings. The largest absolute Gasteiger partial charge is 0.437 e. The molecule has 100 valence electrons. The molecule has 0 bridgehead atoms. The van der Waals surface area contributed by atoms with Crippen LogP contribution in [0.2, 0.25) is 0 Å². The summed E-state index contributed by atoms with van der Waals surface area (Å²) in [4.78, 5) is 7.99. The van der Waals surface area contributed by atoms with E-state index in [4.69, 9.17) is 15.6 Å². The van der Waals surface area contributed by atoms with Gasteiger partial charge in [-0.15, -0.1) is 0 Å². The minimum absolute atomic E-state index is 0.0592. The molecule has 0 saturated heterocycles. The highest BCUT2D eigenvalue weighted by molar-refractivity contribution is 5.59. The first-order chi connectivity index (χ1) is 9.81. The highest BCUT2D eigenvalue weighted by atomic mass is 16.5. The Morgan fingerprint density at radius 3 is 2.80 bits per heavy atom. The lowest BCUT2D eigenvalue weighted by Gasteiger charge is -2.07. The van der Waals surface area contributed by atoms with Crippen molar-refractivity contribution in [3.05, 3.63) is 54.5 Å². The van der Waals surface area contributed by atoms with Crippen molar-refractivity contribution in [2.75, 3.05) is 12.3 Å². The van der Waals surface area contributed by atoms with Crippen LogP contribution < -0.4 is 10.5 Å². The average Bonchev–Trinajstić information content (AvgIpc) is 2.48. The number of nitrogen functional groups attached to an aromatic ring is 1. The second kappa shape index (κ2) is 6.92. The molecule has 0 aliphatic heterocycles. The summed E-state index contributed by atoms with van der Waals surface area (Å²) in [5.74, 6) is 6.39. The van der Waals surface area contributed by atoms with Crippen molar-refractivity contribution < 1.29 is 9.84 Å². The van der Waals surface area contributed by atoms with Gasteiger partial charge in [-0.2, -0.15) is 4.98 Å². The fraction of sp³-hybridized carbons (Fsp3) is 0.0667. The molecule has 5 heteroatoms. The number of benzene rings is 1. The van der Waals surface area contributed by atoms with Crippen LogP contribution in [0.15, 0.2) is 48.8 Å². The van der Waals surface area contributed by atoms with Crippen molar-refractivity contribution >= 4 is 5.69 Å². The Morgan fingerprint density at radius 1 is 1.25 bits per heavy atom. The highest BCUT2D eigenvalue weighted by Gasteiger charge is 2.08. The van der Waals surface area contributed by atoms with Crippen LogP contribution in [0.25, 0.3) is 0 Å². The van der Waals surface area contributed by atoms with Crippen LogP contribution in [0.1, 0.15) is 5.69 Å². The van der Waals surface area contributed by atoms with Crippen molar-refractivity contribution in [2.45, 2.75) is 0 Å². The lowest BCUT2D eigenvalue weighted by atomic mass is 10.3. The van der Waals surface area contributed by atoms with Crippen molar-refractivity contribution in [1.82, 2.24) is 9.97 Å². The first-order valence-electron chi connectivity index (χ1n) is 5.92. The Hall–Kier alpha value is -2.84. The first-order valence-corrected chi connectivity index (χ1v) is 5.92. The zero-order chi connectivity index (χ0) is 14.2. The molecule has 0 amide bonds. The topological polar surface area (TPSA) is 81.3 Å². The monoisotopic (exact) mass is 267 g/mol. The van der Waals surface area contributed by atoms with Crippen molar-refractivity contribution in [2.24, 2.45) is 0 Å². The molecule has 1 aromatic carbocycles. The fourth-order valence-corrected chi connectivity index (χ4v) is 1.38. The van der Waals surface area contributed by atoms with Gasteiger partial charge in [-0.25, -0.2) is 4.98 Å². The summed E-state index contributed by atoms with van der Waals surface area (Å²) in [5.41, 5.74) is 6.58. The summed E-state index contributed by atoms with van der Waals surface area (Å²) in [5, 5.41) is 8.60. The number of aliphatic hydroxyl groups is 1. The number of nitrogens with zero attached hydrogens (tertiary/aromatic N) is 2. The van der Waals surface area contributed by atoms with Crippen LogP contribution in [-0.4, -0.2) is 21.7 Å². The molecule has 2 aromatic rings. The van der Waals surface area contributed by atoms with Crippen molar-refractivity contribution in [3.63, 3.8) is 0 Å². The van der Waals surface area contributed by atoms with E-state index >= 15 is 0 Å². The summed E-state index contributed by atoms with van der Waals surface area (Å²) in [6.07, 6.45) is 4.39. The number of rotatable bonds is 3. The second-order valence-electron chi connectivity index (χ2n) is 3.71. The van der Waals surface area contributed by atoms with Crippen LogP contribution in [-0.2, 0) is 0 Å². The maximum atomic E-state index is 8.60. The molecule has 0 spiro atoms. The zero-order valence-electron chi connectivity index (χ0n) is 10.7. The Balaban J connectivity index is 2.23. The maximum absolute atomic E-state index is 8.60. The van der Waals surface area contributed by atoms with Crippen LogP contribution in [0.5, 0.6) is 11.6 Å². The number of ether oxygens (including phenoxy) is 1. The van der Waals surface area contributed by atoms with E-state index in [1.165, 1.54) is 18.5 Å². The Labute approximate surface area is 116 Å². The number of aromatic nitrogens is 2. The van der Waals surface area contributed by atoms with Crippen molar-refractivity contribution in [3.8, 4) is 23.5 Å². The van der Waals surface area contributed by atoms with E-state index in [9.17, 15) is 0 Å². The smallest absolute Gasteiger partial charge is 0.247 e. The number of aliphatic hydroxyl groups excluding tert-OH is 1. The van der Waals surface area contributed by atoms with Gasteiger partial charge in [0.15, 0.2) is 0 Å². The Morgan fingerprint density at radius 2 is 2.05 bits per heavy atom. The number of anilines is 1. The van der Waals surface area contributed by atoms with Gasteiger partial charge in [0.2, 0.25) is 5.88 Å². The summed E-state index contributed by atoms with van der Waals surface area (Å²) < 4.78 is 5.58. The molecule has 3 N–H and O–H groups in total. The van der Waals surface area contributed by atoms with Gasteiger partial charge in [0.1, 0.15) is 23.5 Å². The van der Waals surface area contributed by atoms with Crippen LogP contribution in [0.3, 0.4) is 0 Å². The van der Waals surface area contributed by atoms with Gasteiger partial charge < -0.3 is 15.6 Å². The molecular formula is C15H13N3O2. The molecular weight excluding hydrogens is 254 g/mol. The van der Waals surface area contributed by atoms with E-state index in [2.05, 4.69) is 21.8 Å². The average molecular weight is 267 g/mol. The van der Waals surface area contributed by atoms with E-state index in [0.29, 0.717) is 11.4 Å². The predicted molar refractivity (Wildman–Crippen MR) is 76.1 cm³/mol. The summed E-state index contributed by atoms with van der Waals surface area (Å²) >= 11 is 0.